The molecule has 4 nitrogen and oxygen atoms in total. The second kappa shape index (κ2) is 7.67. The van der Waals surface area contributed by atoms with Crippen molar-refractivity contribution in [3.63, 3.8) is 0 Å². The zero-order valence-electron chi connectivity index (χ0n) is 11.4. The van der Waals surface area contributed by atoms with Gasteiger partial charge in [-0.2, -0.15) is 0 Å². The zero-order chi connectivity index (χ0) is 12.7. The zero-order valence-corrected chi connectivity index (χ0v) is 11.4. The third-order valence-electron chi connectivity index (χ3n) is 3.51. The van der Waals surface area contributed by atoms with Crippen LogP contribution in [0.15, 0.2) is 0 Å². The molecule has 2 atom stereocenters. The number of nitrogens with one attached hydrogen (secondary N) is 1. The van der Waals surface area contributed by atoms with Crippen LogP contribution in [0, 0.1) is 5.92 Å². The third kappa shape index (κ3) is 4.64. The number of nitrogens with zero attached hydrogens (tertiary/aromatic N) is 1. The van der Waals surface area contributed by atoms with E-state index in [1.165, 1.54) is 12.8 Å². The Morgan fingerprint density at radius 3 is 2.88 bits per heavy atom. The lowest BCUT2D eigenvalue weighted by Gasteiger charge is -2.28. The number of rotatable bonds is 7. The van der Waals surface area contributed by atoms with E-state index in [2.05, 4.69) is 12.2 Å². The van der Waals surface area contributed by atoms with Crippen molar-refractivity contribution >= 4 is 5.91 Å². The number of amides is 1. The molecule has 1 aliphatic rings. The minimum Gasteiger partial charge on any atom is -0.383 e. The lowest BCUT2D eigenvalue weighted by Crippen LogP contribution is -2.44. The fourth-order valence-corrected chi connectivity index (χ4v) is 2.16. The largest absolute Gasteiger partial charge is 0.383 e. The molecule has 0 bridgehead atoms. The van der Waals surface area contributed by atoms with E-state index in [-0.39, 0.29) is 11.8 Å². The summed E-state index contributed by atoms with van der Waals surface area (Å²) < 4.78 is 5.09. The molecule has 0 aromatic rings. The molecular weight excluding hydrogens is 216 g/mol. The molecule has 1 heterocycles. The quantitative estimate of drug-likeness (QED) is 0.731. The summed E-state index contributed by atoms with van der Waals surface area (Å²) in [6, 6.07) is 0.472. The van der Waals surface area contributed by atoms with E-state index in [0.29, 0.717) is 19.2 Å². The Morgan fingerprint density at radius 1 is 1.59 bits per heavy atom. The van der Waals surface area contributed by atoms with Gasteiger partial charge in [0, 0.05) is 32.2 Å². The molecule has 1 amide bonds. The van der Waals surface area contributed by atoms with E-state index < -0.39 is 0 Å². The van der Waals surface area contributed by atoms with Gasteiger partial charge in [0.1, 0.15) is 0 Å². The number of carbonyl (C=O) groups excluding carboxylic acids is 1. The van der Waals surface area contributed by atoms with Gasteiger partial charge in [-0.05, 0) is 25.8 Å². The van der Waals surface area contributed by atoms with Crippen molar-refractivity contribution in [2.24, 2.45) is 5.92 Å². The second-order valence-corrected chi connectivity index (χ2v) is 4.88. The highest BCUT2D eigenvalue weighted by Crippen LogP contribution is 2.11. The minimum atomic E-state index is 0.119. The van der Waals surface area contributed by atoms with E-state index >= 15 is 0 Å². The van der Waals surface area contributed by atoms with Crippen LogP contribution in [0.2, 0.25) is 0 Å². The Morgan fingerprint density at radius 2 is 2.35 bits per heavy atom. The summed E-state index contributed by atoms with van der Waals surface area (Å²) in [5.41, 5.74) is 0. The molecule has 0 aromatic carbocycles. The van der Waals surface area contributed by atoms with Crippen LogP contribution in [-0.2, 0) is 9.53 Å². The molecule has 1 saturated heterocycles. The van der Waals surface area contributed by atoms with Crippen molar-refractivity contribution in [2.75, 3.05) is 33.4 Å². The maximum Gasteiger partial charge on any atom is 0.225 e. The Labute approximate surface area is 105 Å². The van der Waals surface area contributed by atoms with E-state index in [1.54, 1.807) is 7.11 Å². The second-order valence-electron chi connectivity index (χ2n) is 4.88. The van der Waals surface area contributed by atoms with Gasteiger partial charge in [-0.1, -0.05) is 13.8 Å². The molecule has 1 fully saturated rings. The number of carbonyl (C=O) groups is 1. The van der Waals surface area contributed by atoms with Crippen molar-refractivity contribution in [1.82, 2.24) is 10.2 Å². The molecule has 0 aromatic heterocycles. The summed E-state index contributed by atoms with van der Waals surface area (Å²) in [4.78, 5) is 14.2. The average molecular weight is 242 g/mol. The van der Waals surface area contributed by atoms with Gasteiger partial charge in [0.15, 0.2) is 0 Å². The van der Waals surface area contributed by atoms with E-state index in [0.717, 1.165) is 19.5 Å². The fourth-order valence-electron chi connectivity index (χ4n) is 2.16. The molecule has 4 heteroatoms. The van der Waals surface area contributed by atoms with Gasteiger partial charge in [-0.3, -0.25) is 4.79 Å². The van der Waals surface area contributed by atoms with Crippen molar-refractivity contribution in [3.8, 4) is 0 Å². The first-order chi connectivity index (χ1) is 8.19. The summed E-state index contributed by atoms with van der Waals surface area (Å²) in [5, 5.41) is 3.44. The first-order valence-electron chi connectivity index (χ1n) is 6.70. The van der Waals surface area contributed by atoms with E-state index in [9.17, 15) is 4.79 Å². The Hall–Kier alpha value is -0.610. The van der Waals surface area contributed by atoms with E-state index in [1.807, 2.05) is 11.8 Å². The highest BCUT2D eigenvalue weighted by Gasteiger charge is 2.23. The highest BCUT2D eigenvalue weighted by molar-refractivity contribution is 5.78. The van der Waals surface area contributed by atoms with Crippen molar-refractivity contribution in [3.05, 3.63) is 0 Å². The smallest absolute Gasteiger partial charge is 0.225 e. The van der Waals surface area contributed by atoms with Gasteiger partial charge in [0.25, 0.3) is 0 Å². The summed E-state index contributed by atoms with van der Waals surface area (Å²) in [7, 11) is 1.68. The number of ether oxygens (including phenoxy) is 1. The Balaban J connectivity index is 2.48. The van der Waals surface area contributed by atoms with Gasteiger partial charge in [0.2, 0.25) is 5.91 Å². The molecule has 0 aliphatic carbocycles. The number of hydrogen-bond donors (Lipinski definition) is 1. The molecule has 17 heavy (non-hydrogen) atoms. The van der Waals surface area contributed by atoms with Crippen LogP contribution in [0.3, 0.4) is 0 Å². The van der Waals surface area contributed by atoms with Crippen LogP contribution in [0.5, 0.6) is 0 Å². The normalized spacial score (nSPS) is 21.5. The van der Waals surface area contributed by atoms with Crippen molar-refractivity contribution < 1.29 is 9.53 Å². The standard InChI is InChI=1S/C13H26N2O2/c1-4-11(2)13(16)15(8-9-17-3)10-12-6-5-7-14-12/h11-12,14H,4-10H2,1-3H3. The van der Waals surface area contributed by atoms with Crippen LogP contribution < -0.4 is 5.32 Å². The van der Waals surface area contributed by atoms with E-state index in [4.69, 9.17) is 4.74 Å². The van der Waals surface area contributed by atoms with Crippen LogP contribution in [-0.4, -0.2) is 50.2 Å². The summed E-state index contributed by atoms with van der Waals surface area (Å²) >= 11 is 0. The van der Waals surface area contributed by atoms with Gasteiger partial charge < -0.3 is 15.0 Å². The lowest BCUT2D eigenvalue weighted by atomic mass is 10.1. The fraction of sp³-hybridized carbons (Fsp3) is 0.923. The highest BCUT2D eigenvalue weighted by atomic mass is 16.5. The Bertz CT molecular complexity index is 227. The van der Waals surface area contributed by atoms with Gasteiger partial charge >= 0.3 is 0 Å². The molecule has 0 radical (unpaired) electrons. The molecular formula is C13H26N2O2. The SMILES string of the molecule is CCC(C)C(=O)N(CCOC)CC1CCCN1. The number of methoxy groups -OCH3 is 1. The van der Waals surface area contributed by atoms with Crippen LogP contribution in [0.25, 0.3) is 0 Å². The number of hydrogen-bond acceptors (Lipinski definition) is 3. The Kier molecular flexibility index (Phi) is 6.52. The first-order valence-corrected chi connectivity index (χ1v) is 6.70. The lowest BCUT2D eigenvalue weighted by molar-refractivity contribution is -0.136. The van der Waals surface area contributed by atoms with Crippen molar-refractivity contribution in [2.45, 2.75) is 39.2 Å². The predicted octanol–water partition coefficient (Wildman–Crippen LogP) is 1.26. The maximum atomic E-state index is 12.2. The molecule has 0 saturated carbocycles. The molecule has 100 valence electrons. The molecule has 1 rings (SSSR count). The summed E-state index contributed by atoms with van der Waals surface area (Å²) in [6.45, 7) is 7.30. The monoisotopic (exact) mass is 242 g/mol. The summed E-state index contributed by atoms with van der Waals surface area (Å²) in [6.07, 6.45) is 3.30. The topological polar surface area (TPSA) is 41.6 Å². The van der Waals surface area contributed by atoms with Gasteiger partial charge in [0.05, 0.1) is 6.61 Å². The minimum absolute atomic E-state index is 0.119. The molecule has 2 unspecified atom stereocenters. The average Bonchev–Trinajstić information content (AvgIpc) is 2.85. The first kappa shape index (κ1) is 14.5. The molecule has 1 N–H and O–H groups in total. The predicted molar refractivity (Wildman–Crippen MR) is 68.9 cm³/mol. The third-order valence-corrected chi connectivity index (χ3v) is 3.51. The van der Waals surface area contributed by atoms with Gasteiger partial charge in [-0.25, -0.2) is 0 Å². The molecule has 1 aliphatic heterocycles. The van der Waals surface area contributed by atoms with Crippen LogP contribution in [0.4, 0.5) is 0 Å². The van der Waals surface area contributed by atoms with Crippen LogP contribution >= 0.6 is 0 Å². The molecule has 0 spiro atoms. The summed E-state index contributed by atoms with van der Waals surface area (Å²) in [5.74, 6) is 0.381. The maximum absolute atomic E-state index is 12.2. The van der Waals surface area contributed by atoms with Gasteiger partial charge in [-0.15, -0.1) is 0 Å². The van der Waals surface area contributed by atoms with Crippen molar-refractivity contribution in [1.29, 1.82) is 0 Å². The van der Waals surface area contributed by atoms with Crippen LogP contribution in [0.1, 0.15) is 33.1 Å².